The molecule has 1 amide bonds. The van der Waals surface area contributed by atoms with Gasteiger partial charge < -0.3 is 10.3 Å². The van der Waals surface area contributed by atoms with Crippen LogP contribution in [0.25, 0.3) is 0 Å². The second kappa shape index (κ2) is 3.59. The summed E-state index contributed by atoms with van der Waals surface area (Å²) in [7, 11) is 0. The van der Waals surface area contributed by atoms with Crippen molar-refractivity contribution in [2.75, 3.05) is 11.4 Å². The summed E-state index contributed by atoms with van der Waals surface area (Å²) >= 11 is 0. The molecule has 16 heavy (non-hydrogen) atoms. The molecule has 1 atom stereocenters. The Bertz CT molecular complexity index is 406. The average molecular weight is 223 g/mol. The summed E-state index contributed by atoms with van der Waals surface area (Å²) < 4.78 is 5.19. The van der Waals surface area contributed by atoms with Crippen LogP contribution in [0.4, 0.5) is 5.88 Å². The summed E-state index contributed by atoms with van der Waals surface area (Å²) in [5.41, 5.74) is 6.49. The first kappa shape index (κ1) is 11.1. The molecule has 0 aromatic carbocycles. The fraction of sp³-hybridized carbons (Fsp3) is 0.636. The Hall–Kier alpha value is -1.36. The molecule has 1 aliphatic rings. The molecule has 0 saturated carbocycles. The first-order valence-corrected chi connectivity index (χ1v) is 5.41. The molecule has 2 rings (SSSR count). The molecular formula is C11H17N3O2. The Morgan fingerprint density at radius 1 is 1.56 bits per heavy atom. The minimum absolute atomic E-state index is 0.00380. The number of carbonyl (C=O) groups is 1. The lowest BCUT2D eigenvalue weighted by Crippen LogP contribution is -2.27. The molecule has 0 bridgehead atoms. The Balaban J connectivity index is 2.23. The number of anilines is 1. The van der Waals surface area contributed by atoms with Crippen molar-refractivity contribution < 1.29 is 9.32 Å². The van der Waals surface area contributed by atoms with E-state index in [0.29, 0.717) is 18.8 Å². The summed E-state index contributed by atoms with van der Waals surface area (Å²) in [5.74, 6) is 0.506. The third-order valence-corrected chi connectivity index (χ3v) is 2.69. The van der Waals surface area contributed by atoms with Crippen LogP contribution in [0, 0.1) is 0 Å². The van der Waals surface area contributed by atoms with E-state index < -0.39 is 0 Å². The third kappa shape index (κ3) is 1.95. The Morgan fingerprint density at radius 2 is 2.25 bits per heavy atom. The number of amides is 1. The average Bonchev–Trinajstić information content (AvgIpc) is 2.70. The Kier molecular flexibility index (Phi) is 2.50. The van der Waals surface area contributed by atoms with Crippen LogP contribution in [0.3, 0.4) is 0 Å². The zero-order valence-electron chi connectivity index (χ0n) is 9.86. The molecule has 1 aliphatic heterocycles. The lowest BCUT2D eigenvalue weighted by molar-refractivity contribution is -0.117. The highest BCUT2D eigenvalue weighted by atomic mass is 16.5. The molecule has 5 heteroatoms. The quantitative estimate of drug-likeness (QED) is 0.772. The van der Waals surface area contributed by atoms with Crippen LogP contribution in [0.15, 0.2) is 10.6 Å². The van der Waals surface area contributed by atoms with Crippen LogP contribution in [-0.4, -0.2) is 23.7 Å². The highest BCUT2D eigenvalue weighted by molar-refractivity contribution is 5.94. The summed E-state index contributed by atoms with van der Waals surface area (Å²) in [5, 5.41) is 3.98. The number of nitrogens with two attached hydrogens (primary N) is 1. The van der Waals surface area contributed by atoms with Crippen LogP contribution >= 0.6 is 0 Å². The standard InChI is InChI=1S/C11H17N3O2/c1-11(2,3)8-5-10(16-13-8)14-6-7(12)4-9(14)15/h5,7H,4,6,12H2,1-3H3. The van der Waals surface area contributed by atoms with Gasteiger partial charge in [0.1, 0.15) is 0 Å². The van der Waals surface area contributed by atoms with Gasteiger partial charge in [0.2, 0.25) is 11.8 Å². The van der Waals surface area contributed by atoms with E-state index in [1.807, 2.05) is 26.8 Å². The lowest BCUT2D eigenvalue weighted by Gasteiger charge is -2.13. The van der Waals surface area contributed by atoms with Gasteiger partial charge in [0.25, 0.3) is 0 Å². The molecular weight excluding hydrogens is 206 g/mol. The SMILES string of the molecule is CC(C)(C)c1cc(N2CC(N)CC2=O)on1. The second-order valence-electron chi connectivity index (χ2n) is 5.27. The van der Waals surface area contributed by atoms with Gasteiger partial charge in [-0.1, -0.05) is 25.9 Å². The molecule has 2 heterocycles. The van der Waals surface area contributed by atoms with E-state index in [2.05, 4.69) is 5.16 Å². The molecule has 0 aliphatic carbocycles. The maximum atomic E-state index is 11.6. The van der Waals surface area contributed by atoms with Gasteiger partial charge in [-0.3, -0.25) is 9.69 Å². The van der Waals surface area contributed by atoms with E-state index in [1.165, 1.54) is 0 Å². The van der Waals surface area contributed by atoms with E-state index in [9.17, 15) is 4.79 Å². The molecule has 1 unspecified atom stereocenters. The third-order valence-electron chi connectivity index (χ3n) is 2.69. The lowest BCUT2D eigenvalue weighted by atomic mass is 9.92. The summed E-state index contributed by atoms with van der Waals surface area (Å²) in [6.45, 7) is 6.65. The zero-order chi connectivity index (χ0) is 11.9. The first-order chi connectivity index (χ1) is 7.38. The van der Waals surface area contributed by atoms with Crippen molar-refractivity contribution in [1.29, 1.82) is 0 Å². The van der Waals surface area contributed by atoms with E-state index in [-0.39, 0.29) is 17.4 Å². The molecule has 88 valence electrons. The summed E-state index contributed by atoms with van der Waals surface area (Å²) in [6.07, 6.45) is 0.381. The first-order valence-electron chi connectivity index (χ1n) is 5.41. The molecule has 0 radical (unpaired) electrons. The van der Waals surface area contributed by atoms with Crippen LogP contribution in [0.1, 0.15) is 32.9 Å². The van der Waals surface area contributed by atoms with Crippen molar-refractivity contribution in [2.45, 2.75) is 38.6 Å². The topological polar surface area (TPSA) is 72.4 Å². The van der Waals surface area contributed by atoms with Crippen LogP contribution in [0.5, 0.6) is 0 Å². The molecule has 5 nitrogen and oxygen atoms in total. The van der Waals surface area contributed by atoms with Gasteiger partial charge in [-0.05, 0) is 0 Å². The summed E-state index contributed by atoms with van der Waals surface area (Å²) in [4.78, 5) is 13.2. The minimum Gasteiger partial charge on any atom is -0.338 e. The number of rotatable bonds is 1. The van der Waals surface area contributed by atoms with Crippen molar-refractivity contribution in [2.24, 2.45) is 5.73 Å². The zero-order valence-corrected chi connectivity index (χ0v) is 9.86. The highest BCUT2D eigenvalue weighted by Gasteiger charge is 2.31. The van der Waals surface area contributed by atoms with Crippen LogP contribution in [-0.2, 0) is 10.2 Å². The largest absolute Gasteiger partial charge is 0.338 e. The van der Waals surface area contributed by atoms with Crippen molar-refractivity contribution in [3.8, 4) is 0 Å². The maximum Gasteiger partial charge on any atom is 0.234 e. The van der Waals surface area contributed by atoms with Crippen molar-refractivity contribution >= 4 is 11.8 Å². The molecule has 1 aromatic rings. The predicted octanol–water partition coefficient (Wildman–Crippen LogP) is 1.04. The number of hydrogen-bond acceptors (Lipinski definition) is 4. The van der Waals surface area contributed by atoms with Gasteiger partial charge in [-0.15, -0.1) is 0 Å². The molecule has 0 spiro atoms. The van der Waals surface area contributed by atoms with Gasteiger partial charge in [0, 0.05) is 30.5 Å². The maximum absolute atomic E-state index is 11.6. The predicted molar refractivity (Wildman–Crippen MR) is 60.1 cm³/mol. The minimum atomic E-state index is -0.101. The van der Waals surface area contributed by atoms with Crippen molar-refractivity contribution in [3.05, 3.63) is 11.8 Å². The van der Waals surface area contributed by atoms with Gasteiger partial charge in [-0.2, -0.15) is 0 Å². The van der Waals surface area contributed by atoms with E-state index in [0.717, 1.165) is 5.69 Å². The van der Waals surface area contributed by atoms with Crippen LogP contribution in [0.2, 0.25) is 0 Å². The second-order valence-corrected chi connectivity index (χ2v) is 5.27. The van der Waals surface area contributed by atoms with Gasteiger partial charge in [0.05, 0.1) is 5.69 Å². The molecule has 1 saturated heterocycles. The van der Waals surface area contributed by atoms with Gasteiger partial charge in [-0.25, -0.2) is 0 Å². The van der Waals surface area contributed by atoms with E-state index >= 15 is 0 Å². The Morgan fingerprint density at radius 3 is 2.69 bits per heavy atom. The fourth-order valence-electron chi connectivity index (χ4n) is 1.69. The highest BCUT2D eigenvalue weighted by Crippen LogP contribution is 2.27. The smallest absolute Gasteiger partial charge is 0.234 e. The number of nitrogens with zero attached hydrogens (tertiary/aromatic N) is 2. The summed E-state index contributed by atoms with van der Waals surface area (Å²) in [6, 6.07) is 1.71. The number of aromatic nitrogens is 1. The van der Waals surface area contributed by atoms with Crippen LogP contribution < -0.4 is 10.6 Å². The monoisotopic (exact) mass is 223 g/mol. The van der Waals surface area contributed by atoms with E-state index in [4.69, 9.17) is 10.3 Å². The van der Waals surface area contributed by atoms with Crippen molar-refractivity contribution in [1.82, 2.24) is 5.16 Å². The Labute approximate surface area is 94.6 Å². The molecule has 1 fully saturated rings. The van der Waals surface area contributed by atoms with Crippen molar-refractivity contribution in [3.63, 3.8) is 0 Å². The van der Waals surface area contributed by atoms with Gasteiger partial charge >= 0.3 is 0 Å². The van der Waals surface area contributed by atoms with E-state index in [1.54, 1.807) is 4.90 Å². The molecule has 2 N–H and O–H groups in total. The fourth-order valence-corrected chi connectivity index (χ4v) is 1.69. The molecule has 1 aromatic heterocycles. The number of hydrogen-bond donors (Lipinski definition) is 1. The number of carbonyl (C=O) groups excluding carboxylic acids is 1. The normalized spacial score (nSPS) is 21.9. The van der Waals surface area contributed by atoms with Gasteiger partial charge in [0.15, 0.2) is 0 Å².